The van der Waals surface area contributed by atoms with E-state index in [1.807, 2.05) is 18.4 Å². The maximum absolute atomic E-state index is 3.42. The summed E-state index contributed by atoms with van der Waals surface area (Å²) in [5, 5.41) is 5.67. The molecule has 0 bridgehead atoms. The van der Waals surface area contributed by atoms with Crippen molar-refractivity contribution in [3.8, 4) is 0 Å². The summed E-state index contributed by atoms with van der Waals surface area (Å²) in [7, 11) is 2.03. The molecule has 0 saturated heterocycles. The van der Waals surface area contributed by atoms with Crippen LogP contribution in [0.25, 0.3) is 0 Å². The van der Waals surface area contributed by atoms with Gasteiger partial charge in [0.2, 0.25) is 0 Å². The van der Waals surface area contributed by atoms with Gasteiger partial charge in [-0.15, -0.1) is 11.3 Å². The van der Waals surface area contributed by atoms with Gasteiger partial charge in [-0.05, 0) is 56.0 Å². The Labute approximate surface area is 108 Å². The molecule has 1 aromatic heterocycles. The number of hydrogen-bond donors (Lipinski definition) is 1. The van der Waals surface area contributed by atoms with E-state index in [4.69, 9.17) is 0 Å². The predicted molar refractivity (Wildman–Crippen MR) is 75.9 cm³/mol. The molecule has 0 fully saturated rings. The Morgan fingerprint density at radius 2 is 1.88 bits per heavy atom. The first kappa shape index (κ1) is 12.3. The van der Waals surface area contributed by atoms with Gasteiger partial charge >= 0.3 is 0 Å². The third-order valence-electron chi connectivity index (χ3n) is 3.12. The molecule has 1 heterocycles. The van der Waals surface area contributed by atoms with E-state index in [2.05, 4.69) is 55.7 Å². The van der Waals surface area contributed by atoms with E-state index in [1.54, 1.807) is 0 Å². The first-order valence-corrected chi connectivity index (χ1v) is 6.79. The normalized spacial score (nSPS) is 12.7. The molecule has 0 aliphatic carbocycles. The van der Waals surface area contributed by atoms with Gasteiger partial charge in [0.25, 0.3) is 0 Å². The number of benzene rings is 1. The predicted octanol–water partition coefficient (Wildman–Crippen LogP) is 3.98. The molecule has 0 aliphatic rings. The van der Waals surface area contributed by atoms with E-state index in [1.165, 1.54) is 27.1 Å². The molecular weight excluding hydrogens is 226 g/mol. The van der Waals surface area contributed by atoms with Crippen LogP contribution in [0, 0.1) is 20.8 Å². The Hall–Kier alpha value is -1.12. The Morgan fingerprint density at radius 1 is 1.12 bits per heavy atom. The van der Waals surface area contributed by atoms with E-state index in [0.717, 1.165) is 0 Å². The fourth-order valence-electron chi connectivity index (χ4n) is 2.19. The molecule has 1 N–H and O–H groups in total. The van der Waals surface area contributed by atoms with Crippen molar-refractivity contribution in [2.75, 3.05) is 7.05 Å². The van der Waals surface area contributed by atoms with Crippen molar-refractivity contribution in [1.29, 1.82) is 0 Å². The molecule has 0 spiro atoms. The second-order valence-electron chi connectivity index (χ2n) is 4.57. The molecule has 1 atom stereocenters. The molecule has 2 heteroatoms. The summed E-state index contributed by atoms with van der Waals surface area (Å²) in [6.07, 6.45) is 0. The maximum Gasteiger partial charge on any atom is 0.0585 e. The summed E-state index contributed by atoms with van der Waals surface area (Å²) in [6, 6.07) is 9.23. The van der Waals surface area contributed by atoms with Gasteiger partial charge < -0.3 is 5.32 Å². The third kappa shape index (κ3) is 2.59. The SMILES string of the molecule is CNC(c1csc(C)c1)c1cc(C)ccc1C. The zero-order valence-electron chi connectivity index (χ0n) is 10.9. The van der Waals surface area contributed by atoms with Gasteiger partial charge in [-0.3, -0.25) is 0 Å². The van der Waals surface area contributed by atoms with Gasteiger partial charge in [0.1, 0.15) is 0 Å². The first-order chi connectivity index (χ1) is 8.11. The highest BCUT2D eigenvalue weighted by Gasteiger charge is 2.15. The van der Waals surface area contributed by atoms with Crippen molar-refractivity contribution in [1.82, 2.24) is 5.32 Å². The van der Waals surface area contributed by atoms with Gasteiger partial charge in [0.05, 0.1) is 6.04 Å². The van der Waals surface area contributed by atoms with Crippen molar-refractivity contribution in [2.24, 2.45) is 0 Å². The minimum absolute atomic E-state index is 0.305. The van der Waals surface area contributed by atoms with Crippen LogP contribution < -0.4 is 5.32 Å². The van der Waals surface area contributed by atoms with Crippen molar-refractivity contribution in [2.45, 2.75) is 26.8 Å². The highest BCUT2D eigenvalue weighted by Crippen LogP contribution is 2.28. The summed E-state index contributed by atoms with van der Waals surface area (Å²) in [4.78, 5) is 1.37. The first-order valence-electron chi connectivity index (χ1n) is 5.91. The van der Waals surface area contributed by atoms with Crippen molar-refractivity contribution in [3.05, 3.63) is 56.8 Å². The van der Waals surface area contributed by atoms with Gasteiger partial charge in [0.15, 0.2) is 0 Å². The van der Waals surface area contributed by atoms with E-state index in [0.29, 0.717) is 6.04 Å². The van der Waals surface area contributed by atoms with Crippen LogP contribution in [-0.2, 0) is 0 Å². The zero-order chi connectivity index (χ0) is 12.4. The van der Waals surface area contributed by atoms with Crippen LogP contribution in [0.4, 0.5) is 0 Å². The second-order valence-corrected chi connectivity index (χ2v) is 5.69. The summed E-state index contributed by atoms with van der Waals surface area (Å²) in [6.45, 7) is 6.48. The standard InChI is InChI=1S/C15H19NS/c1-10-5-6-11(2)14(7-10)15(16-4)13-8-12(3)17-9-13/h5-9,15-16H,1-4H3. The quantitative estimate of drug-likeness (QED) is 0.862. The summed E-state index contributed by atoms with van der Waals surface area (Å²) in [5.74, 6) is 0. The number of aryl methyl sites for hydroxylation is 3. The van der Waals surface area contributed by atoms with Crippen molar-refractivity contribution >= 4 is 11.3 Å². The highest BCUT2D eigenvalue weighted by atomic mass is 32.1. The molecule has 2 aromatic rings. The number of nitrogens with one attached hydrogen (secondary N) is 1. The summed E-state index contributed by atoms with van der Waals surface area (Å²) < 4.78 is 0. The van der Waals surface area contributed by atoms with Crippen molar-refractivity contribution < 1.29 is 0 Å². The van der Waals surface area contributed by atoms with Crippen LogP contribution in [0.3, 0.4) is 0 Å². The third-order valence-corrected chi connectivity index (χ3v) is 4.00. The molecule has 0 amide bonds. The minimum Gasteiger partial charge on any atom is -0.309 e. The van der Waals surface area contributed by atoms with Crippen LogP contribution in [0.1, 0.15) is 33.2 Å². The van der Waals surface area contributed by atoms with Crippen LogP contribution in [0.2, 0.25) is 0 Å². The topological polar surface area (TPSA) is 12.0 Å². The summed E-state index contributed by atoms with van der Waals surface area (Å²) >= 11 is 1.81. The lowest BCUT2D eigenvalue weighted by molar-refractivity contribution is 0.689. The van der Waals surface area contributed by atoms with Crippen LogP contribution >= 0.6 is 11.3 Å². The van der Waals surface area contributed by atoms with Crippen LogP contribution in [0.5, 0.6) is 0 Å². The Kier molecular flexibility index (Phi) is 3.65. The Morgan fingerprint density at radius 3 is 2.47 bits per heavy atom. The molecule has 0 saturated carbocycles. The van der Waals surface area contributed by atoms with Crippen molar-refractivity contribution in [3.63, 3.8) is 0 Å². The van der Waals surface area contributed by atoms with E-state index >= 15 is 0 Å². The van der Waals surface area contributed by atoms with Gasteiger partial charge in [-0.25, -0.2) is 0 Å². The molecule has 90 valence electrons. The molecule has 2 rings (SSSR count). The molecular formula is C15H19NS. The summed E-state index contributed by atoms with van der Waals surface area (Å²) in [5.41, 5.74) is 5.41. The lowest BCUT2D eigenvalue weighted by Gasteiger charge is -2.18. The number of thiophene rings is 1. The Bertz CT molecular complexity index is 513. The lowest BCUT2D eigenvalue weighted by Crippen LogP contribution is -2.18. The zero-order valence-corrected chi connectivity index (χ0v) is 11.7. The molecule has 1 nitrogen and oxygen atoms in total. The minimum atomic E-state index is 0.305. The van der Waals surface area contributed by atoms with Gasteiger partial charge in [-0.1, -0.05) is 23.8 Å². The smallest absolute Gasteiger partial charge is 0.0585 e. The lowest BCUT2D eigenvalue weighted by atomic mass is 9.95. The Balaban J connectivity index is 2.45. The maximum atomic E-state index is 3.42. The van der Waals surface area contributed by atoms with Crippen LogP contribution in [-0.4, -0.2) is 7.05 Å². The monoisotopic (exact) mass is 245 g/mol. The molecule has 1 aromatic carbocycles. The average molecular weight is 245 g/mol. The second kappa shape index (κ2) is 5.03. The van der Waals surface area contributed by atoms with Crippen LogP contribution in [0.15, 0.2) is 29.6 Å². The highest BCUT2D eigenvalue weighted by molar-refractivity contribution is 7.10. The van der Waals surface area contributed by atoms with E-state index < -0.39 is 0 Å². The number of rotatable bonds is 3. The number of hydrogen-bond acceptors (Lipinski definition) is 2. The van der Waals surface area contributed by atoms with Gasteiger partial charge in [-0.2, -0.15) is 0 Å². The largest absolute Gasteiger partial charge is 0.309 e. The molecule has 17 heavy (non-hydrogen) atoms. The fraction of sp³-hybridized carbons (Fsp3) is 0.333. The average Bonchev–Trinajstić information content (AvgIpc) is 2.71. The van der Waals surface area contributed by atoms with E-state index in [9.17, 15) is 0 Å². The molecule has 1 unspecified atom stereocenters. The fourth-order valence-corrected chi connectivity index (χ4v) is 2.92. The molecule has 0 radical (unpaired) electrons. The van der Waals surface area contributed by atoms with E-state index in [-0.39, 0.29) is 0 Å². The molecule has 0 aliphatic heterocycles. The van der Waals surface area contributed by atoms with Gasteiger partial charge in [0, 0.05) is 4.88 Å².